The van der Waals surface area contributed by atoms with Crippen molar-refractivity contribution in [1.82, 2.24) is 4.57 Å². The summed E-state index contributed by atoms with van der Waals surface area (Å²) in [5, 5.41) is 0. The van der Waals surface area contributed by atoms with Crippen LogP contribution in [0.3, 0.4) is 0 Å². The van der Waals surface area contributed by atoms with Gasteiger partial charge >= 0.3 is 0 Å². The highest BCUT2D eigenvalue weighted by Gasteiger charge is 2.50. The van der Waals surface area contributed by atoms with Crippen LogP contribution in [-0.4, -0.2) is 10.7 Å². The summed E-state index contributed by atoms with van der Waals surface area (Å²) >= 11 is 0. The van der Waals surface area contributed by atoms with Crippen LogP contribution in [0.5, 0.6) is 0 Å². The zero-order chi connectivity index (χ0) is 32.0. The molecule has 4 aromatic carbocycles. The number of aryl methyl sites for hydroxylation is 11. The Balaban J connectivity index is 1.96. The first-order valence-electron chi connectivity index (χ1n) is 16.3. The molecule has 44 heavy (non-hydrogen) atoms. The topological polar surface area (TPSA) is 8.81 Å². The van der Waals surface area contributed by atoms with Crippen LogP contribution >= 0.6 is 0 Å². The highest BCUT2D eigenvalue weighted by Crippen LogP contribution is 2.34. The van der Waals surface area contributed by atoms with Crippen LogP contribution in [0.4, 0.5) is 0 Å². The van der Waals surface area contributed by atoms with Gasteiger partial charge in [-0.1, -0.05) is 93.0 Å². The number of imidazole rings is 1. The summed E-state index contributed by atoms with van der Waals surface area (Å²) in [7, 11) is 0. The molecule has 1 aliphatic rings. The summed E-state index contributed by atoms with van der Waals surface area (Å²) in [6, 6.07) is 19.2. The van der Waals surface area contributed by atoms with Gasteiger partial charge in [0, 0.05) is 13.8 Å². The Hall–Kier alpha value is -3.85. The molecule has 2 heterocycles. The van der Waals surface area contributed by atoms with Gasteiger partial charge in [0.2, 0.25) is 0 Å². The van der Waals surface area contributed by atoms with E-state index >= 15 is 0 Å². The van der Waals surface area contributed by atoms with Crippen molar-refractivity contribution in [3.05, 3.63) is 127 Å². The normalized spacial score (nSPS) is 13.7. The molecule has 5 aromatic rings. The summed E-state index contributed by atoms with van der Waals surface area (Å²) < 4.78 is 5.36. The minimum absolute atomic E-state index is 0.972. The molecule has 0 fully saturated rings. The molecule has 0 radical (unpaired) electrons. The second-order valence-electron chi connectivity index (χ2n) is 14.4. The lowest BCUT2D eigenvalue weighted by Gasteiger charge is -2.47. The monoisotopic (exact) mass is 580 g/mol. The molecule has 0 amide bonds. The Bertz CT molecular complexity index is 1890. The van der Waals surface area contributed by atoms with E-state index in [2.05, 4.69) is 148 Å². The molecule has 0 N–H and O–H groups in total. The fourth-order valence-corrected chi connectivity index (χ4v) is 9.79. The third-order valence-electron chi connectivity index (χ3n) is 10.7. The molecule has 0 atom stereocenters. The van der Waals surface area contributed by atoms with E-state index in [4.69, 9.17) is 0 Å². The van der Waals surface area contributed by atoms with Crippen LogP contribution < -0.4 is 21.2 Å². The molecule has 226 valence electrons. The van der Waals surface area contributed by atoms with Gasteiger partial charge in [-0.25, -0.2) is 9.13 Å². The second kappa shape index (κ2) is 10.4. The van der Waals surface area contributed by atoms with Crippen molar-refractivity contribution in [1.29, 1.82) is 0 Å². The van der Waals surface area contributed by atoms with Gasteiger partial charge in [-0.3, -0.25) is 0 Å². The SMILES string of the molecule is Cc1cc(C)c(-[n+]2c(C)c(C)n3c2[B-](c2c(C)cc(C)cc2C)(c2c(C)cc(C)cc2C)Cc2cc(C)cc(C)c2-3)c(C)c1. The molecule has 3 heteroatoms. The molecule has 1 aliphatic heterocycles. The Kier molecular flexibility index (Phi) is 7.11. The van der Waals surface area contributed by atoms with E-state index in [1.54, 1.807) is 0 Å². The molecule has 2 nitrogen and oxygen atoms in total. The van der Waals surface area contributed by atoms with E-state index in [1.165, 1.54) is 106 Å². The summed E-state index contributed by atoms with van der Waals surface area (Å²) in [5.41, 5.74) is 26.1. The molecular formula is C41H49BN2. The molecular weight excluding hydrogens is 531 g/mol. The minimum Gasteiger partial charge on any atom is -0.232 e. The zero-order valence-corrected chi connectivity index (χ0v) is 29.3. The number of rotatable bonds is 3. The van der Waals surface area contributed by atoms with Gasteiger partial charge in [-0.2, -0.15) is 10.9 Å². The predicted molar refractivity (Wildman–Crippen MR) is 190 cm³/mol. The maximum absolute atomic E-state index is 2.68. The zero-order valence-electron chi connectivity index (χ0n) is 29.3. The molecule has 0 saturated carbocycles. The molecule has 0 bridgehead atoms. The fraction of sp³-hybridized carbons (Fsp3) is 0.341. The van der Waals surface area contributed by atoms with Crippen molar-refractivity contribution < 1.29 is 4.57 Å². The first-order valence-corrected chi connectivity index (χ1v) is 16.3. The van der Waals surface area contributed by atoms with Gasteiger partial charge < -0.3 is 0 Å². The summed E-state index contributed by atoms with van der Waals surface area (Å²) in [6.45, 7) is 30.0. The maximum Gasteiger partial charge on any atom is 0.181 e. The Morgan fingerprint density at radius 2 is 0.886 bits per heavy atom. The Labute approximate surface area is 265 Å². The largest absolute Gasteiger partial charge is 0.232 e. The molecule has 0 saturated heterocycles. The van der Waals surface area contributed by atoms with Crippen LogP contribution in [0.25, 0.3) is 11.4 Å². The number of nitrogens with zero attached hydrogens (tertiary/aromatic N) is 2. The lowest BCUT2D eigenvalue weighted by atomic mass is 9.13. The van der Waals surface area contributed by atoms with Gasteiger partial charge in [-0.05, 0) is 98.4 Å². The average molecular weight is 581 g/mol. The number of aromatic nitrogens is 2. The van der Waals surface area contributed by atoms with Crippen molar-refractivity contribution in [2.24, 2.45) is 0 Å². The van der Waals surface area contributed by atoms with Crippen molar-refractivity contribution in [3.8, 4) is 11.4 Å². The highest BCUT2D eigenvalue weighted by molar-refractivity contribution is 7.11. The van der Waals surface area contributed by atoms with Gasteiger partial charge in [-0.15, -0.1) is 6.32 Å². The van der Waals surface area contributed by atoms with Crippen LogP contribution in [0.15, 0.2) is 48.5 Å². The number of fused-ring (bicyclic) bond motifs is 3. The first-order chi connectivity index (χ1) is 20.7. The lowest BCUT2D eigenvalue weighted by molar-refractivity contribution is -0.584. The fourth-order valence-electron chi connectivity index (χ4n) is 9.79. The van der Waals surface area contributed by atoms with E-state index in [1.807, 2.05) is 0 Å². The summed E-state index contributed by atoms with van der Waals surface area (Å²) in [4.78, 5) is 0. The average Bonchev–Trinajstić information content (AvgIpc) is 3.13. The highest BCUT2D eigenvalue weighted by atomic mass is 15.2. The Morgan fingerprint density at radius 1 is 0.500 bits per heavy atom. The standard InChI is InChI=1S/C41H49BN2/c1-23-14-27(5)37(28(6)15-23)42(38-29(7)16-24(2)17-30(38)8)22-36-21-26(4)20-33(11)40(36)44-35(13)34(12)43(41(42)44)39-31(9)18-25(3)19-32(39)10/h14-21H,22H2,1-13H3. The minimum atomic E-state index is -1.47. The molecule has 0 spiro atoms. The smallest absolute Gasteiger partial charge is 0.181 e. The number of hydrogen-bond donors (Lipinski definition) is 0. The van der Waals surface area contributed by atoms with Gasteiger partial charge in [0.1, 0.15) is 22.8 Å². The van der Waals surface area contributed by atoms with E-state index in [9.17, 15) is 0 Å². The third kappa shape index (κ3) is 4.26. The van der Waals surface area contributed by atoms with Crippen molar-refractivity contribution in [2.45, 2.75) is 96.3 Å². The van der Waals surface area contributed by atoms with Crippen LogP contribution in [-0.2, 0) is 6.32 Å². The van der Waals surface area contributed by atoms with Crippen molar-refractivity contribution >= 4 is 22.8 Å². The van der Waals surface area contributed by atoms with E-state index in [-0.39, 0.29) is 0 Å². The molecule has 0 unspecified atom stereocenters. The van der Waals surface area contributed by atoms with Crippen molar-refractivity contribution in [3.63, 3.8) is 0 Å². The number of benzene rings is 4. The van der Waals surface area contributed by atoms with Gasteiger partial charge in [0.15, 0.2) is 6.15 Å². The summed E-state index contributed by atoms with van der Waals surface area (Å²) in [6.07, 6.45) is -0.494. The van der Waals surface area contributed by atoms with Gasteiger partial charge in [0.25, 0.3) is 0 Å². The van der Waals surface area contributed by atoms with Crippen LogP contribution in [0, 0.1) is 90.0 Å². The third-order valence-corrected chi connectivity index (χ3v) is 10.7. The van der Waals surface area contributed by atoms with E-state index < -0.39 is 6.15 Å². The lowest BCUT2D eigenvalue weighted by Crippen LogP contribution is -2.80. The van der Waals surface area contributed by atoms with Gasteiger partial charge in [0.05, 0.1) is 5.72 Å². The molecule has 6 rings (SSSR count). The first kappa shape index (κ1) is 30.2. The molecule has 1 aromatic heterocycles. The Morgan fingerprint density at radius 3 is 1.34 bits per heavy atom. The van der Waals surface area contributed by atoms with E-state index in [0.29, 0.717) is 0 Å². The van der Waals surface area contributed by atoms with Crippen molar-refractivity contribution in [2.75, 3.05) is 0 Å². The maximum atomic E-state index is 2.68. The second-order valence-corrected chi connectivity index (χ2v) is 14.4. The summed E-state index contributed by atoms with van der Waals surface area (Å²) in [5.74, 6) is 0. The van der Waals surface area contributed by atoms with Crippen LogP contribution in [0.2, 0.25) is 0 Å². The predicted octanol–water partition coefficient (Wildman–Crippen LogP) is 7.33. The van der Waals surface area contributed by atoms with E-state index in [0.717, 1.165) is 6.32 Å². The molecule has 0 aliphatic carbocycles. The van der Waals surface area contributed by atoms with Crippen LogP contribution in [0.1, 0.15) is 78.1 Å². The number of hydrogen-bond acceptors (Lipinski definition) is 0. The quantitative estimate of drug-likeness (QED) is 0.156.